The Balaban J connectivity index is 1.52. The van der Waals surface area contributed by atoms with E-state index in [0.29, 0.717) is 38.0 Å². The molecule has 0 radical (unpaired) electrons. The van der Waals surface area contributed by atoms with E-state index in [2.05, 4.69) is 12.1 Å². The fourth-order valence-electron chi connectivity index (χ4n) is 4.16. The van der Waals surface area contributed by atoms with Crippen LogP contribution in [0.4, 0.5) is 10.5 Å². The molecule has 2 amide bonds. The summed E-state index contributed by atoms with van der Waals surface area (Å²) in [6.07, 6.45) is 3.07. The van der Waals surface area contributed by atoms with Gasteiger partial charge in [-0.3, -0.25) is 9.59 Å². The van der Waals surface area contributed by atoms with E-state index < -0.39 is 5.60 Å². The van der Waals surface area contributed by atoms with E-state index in [1.165, 1.54) is 5.56 Å². The second-order valence-corrected chi connectivity index (χ2v) is 9.85. The van der Waals surface area contributed by atoms with Gasteiger partial charge in [-0.2, -0.15) is 0 Å². The predicted molar refractivity (Wildman–Crippen MR) is 134 cm³/mol. The Kier molecular flexibility index (Phi) is 8.48. The molecular weight excluding hydrogens is 428 g/mol. The van der Waals surface area contributed by atoms with Crippen molar-refractivity contribution in [2.75, 3.05) is 24.5 Å². The van der Waals surface area contributed by atoms with Crippen molar-refractivity contribution in [3.05, 3.63) is 65.2 Å². The third kappa shape index (κ3) is 7.17. The molecule has 34 heavy (non-hydrogen) atoms. The summed E-state index contributed by atoms with van der Waals surface area (Å²) in [5.74, 6) is 0.122. The van der Waals surface area contributed by atoms with Crippen LogP contribution in [-0.4, -0.2) is 47.9 Å². The molecule has 6 nitrogen and oxygen atoms in total. The molecule has 0 spiro atoms. The highest BCUT2D eigenvalue weighted by Crippen LogP contribution is 2.29. The second kappa shape index (κ2) is 11.3. The third-order valence-corrected chi connectivity index (χ3v) is 5.92. The first-order chi connectivity index (χ1) is 16.1. The monoisotopic (exact) mass is 464 g/mol. The highest BCUT2D eigenvalue weighted by Gasteiger charge is 2.24. The SMILES string of the molecule is CC(=O)N1CCc2cc(C(=O)CCCCN(CCc3ccccc3)C(=O)OC(C)(C)C)ccc21. The van der Waals surface area contributed by atoms with Crippen molar-refractivity contribution in [2.24, 2.45) is 0 Å². The summed E-state index contributed by atoms with van der Waals surface area (Å²) < 4.78 is 5.60. The molecule has 0 fully saturated rings. The Morgan fingerprint density at radius 3 is 2.41 bits per heavy atom. The summed E-state index contributed by atoms with van der Waals surface area (Å²) in [5.41, 5.74) is 3.28. The molecule has 0 saturated carbocycles. The van der Waals surface area contributed by atoms with Gasteiger partial charge in [0.05, 0.1) is 0 Å². The molecule has 2 aromatic rings. The fourth-order valence-corrected chi connectivity index (χ4v) is 4.16. The number of ether oxygens (including phenoxy) is 1. The van der Waals surface area contributed by atoms with Crippen LogP contribution in [0.5, 0.6) is 0 Å². The number of fused-ring (bicyclic) bond motifs is 1. The van der Waals surface area contributed by atoms with Crippen LogP contribution in [-0.2, 0) is 22.4 Å². The quantitative estimate of drug-likeness (QED) is 0.367. The number of rotatable bonds is 9. The average molecular weight is 465 g/mol. The van der Waals surface area contributed by atoms with Gasteiger partial charge in [0.2, 0.25) is 5.91 Å². The maximum atomic E-state index is 12.8. The molecule has 182 valence electrons. The zero-order valence-electron chi connectivity index (χ0n) is 20.8. The van der Waals surface area contributed by atoms with Gasteiger partial charge in [-0.05, 0) is 75.8 Å². The van der Waals surface area contributed by atoms with E-state index in [1.807, 2.05) is 57.2 Å². The molecule has 0 saturated heterocycles. The first-order valence-corrected chi connectivity index (χ1v) is 12.1. The Bertz CT molecular complexity index is 1010. The van der Waals surface area contributed by atoms with Gasteiger partial charge in [-0.15, -0.1) is 0 Å². The average Bonchev–Trinajstić information content (AvgIpc) is 3.21. The number of benzene rings is 2. The number of hydrogen-bond donors (Lipinski definition) is 0. The van der Waals surface area contributed by atoms with Gasteiger partial charge in [-0.1, -0.05) is 30.3 Å². The van der Waals surface area contributed by atoms with Gasteiger partial charge in [0.15, 0.2) is 5.78 Å². The number of carbonyl (C=O) groups is 3. The minimum absolute atomic E-state index is 0.0274. The maximum Gasteiger partial charge on any atom is 0.410 e. The zero-order valence-corrected chi connectivity index (χ0v) is 20.8. The molecule has 6 heteroatoms. The zero-order chi connectivity index (χ0) is 24.7. The molecule has 1 aliphatic heterocycles. The molecule has 0 aliphatic carbocycles. The van der Waals surface area contributed by atoms with E-state index in [-0.39, 0.29) is 17.8 Å². The van der Waals surface area contributed by atoms with Gasteiger partial charge in [-0.25, -0.2) is 4.79 Å². The minimum Gasteiger partial charge on any atom is -0.444 e. The van der Waals surface area contributed by atoms with Crippen LogP contribution in [0.15, 0.2) is 48.5 Å². The normalized spacial score (nSPS) is 12.9. The minimum atomic E-state index is -0.552. The van der Waals surface area contributed by atoms with E-state index >= 15 is 0 Å². The lowest BCUT2D eigenvalue weighted by Crippen LogP contribution is -2.38. The molecule has 0 aromatic heterocycles. The number of hydrogen-bond acceptors (Lipinski definition) is 4. The van der Waals surface area contributed by atoms with Crippen molar-refractivity contribution < 1.29 is 19.1 Å². The number of carbonyl (C=O) groups excluding carboxylic acids is 3. The lowest BCUT2D eigenvalue weighted by molar-refractivity contribution is -0.116. The summed E-state index contributed by atoms with van der Waals surface area (Å²) >= 11 is 0. The molecule has 0 bridgehead atoms. The standard InChI is InChI=1S/C28H36N2O4/c1-21(31)30-19-16-23-20-24(13-14-25(23)30)26(32)12-8-9-17-29(27(33)34-28(2,3)4)18-15-22-10-6-5-7-11-22/h5-7,10-11,13-14,20H,8-9,12,15-19H2,1-4H3. The van der Waals surface area contributed by atoms with Crippen LogP contribution in [0.2, 0.25) is 0 Å². The maximum absolute atomic E-state index is 12.8. The summed E-state index contributed by atoms with van der Waals surface area (Å²) in [6, 6.07) is 15.7. The molecule has 3 rings (SSSR count). The highest BCUT2D eigenvalue weighted by molar-refractivity contribution is 5.98. The van der Waals surface area contributed by atoms with E-state index in [4.69, 9.17) is 4.74 Å². The Hall–Kier alpha value is -3.15. The predicted octanol–water partition coefficient (Wildman–Crippen LogP) is 5.43. The van der Waals surface area contributed by atoms with Crippen molar-refractivity contribution in [1.29, 1.82) is 0 Å². The number of ketones is 1. The lowest BCUT2D eigenvalue weighted by atomic mass is 10.0. The van der Waals surface area contributed by atoms with Gasteiger partial charge in [0, 0.05) is 44.2 Å². The summed E-state index contributed by atoms with van der Waals surface area (Å²) in [5, 5.41) is 0. The largest absolute Gasteiger partial charge is 0.444 e. The van der Waals surface area contributed by atoms with Crippen molar-refractivity contribution in [3.63, 3.8) is 0 Å². The number of nitrogens with zero attached hydrogens (tertiary/aromatic N) is 2. The van der Waals surface area contributed by atoms with Crippen molar-refractivity contribution in [2.45, 2.75) is 65.4 Å². The van der Waals surface area contributed by atoms with Gasteiger partial charge in [0.1, 0.15) is 5.60 Å². The number of anilines is 1. The van der Waals surface area contributed by atoms with Crippen LogP contribution < -0.4 is 4.90 Å². The van der Waals surface area contributed by atoms with Crippen LogP contribution in [0.1, 0.15) is 68.4 Å². The summed E-state index contributed by atoms with van der Waals surface area (Å²) in [7, 11) is 0. The highest BCUT2D eigenvalue weighted by atomic mass is 16.6. The molecular formula is C28H36N2O4. The van der Waals surface area contributed by atoms with Crippen LogP contribution in [0.25, 0.3) is 0 Å². The number of amides is 2. The van der Waals surface area contributed by atoms with Crippen molar-refractivity contribution in [1.82, 2.24) is 4.90 Å². The Morgan fingerprint density at radius 2 is 1.74 bits per heavy atom. The molecule has 2 aromatic carbocycles. The molecule has 1 aliphatic rings. The van der Waals surface area contributed by atoms with Gasteiger partial charge < -0.3 is 14.5 Å². The first kappa shape index (κ1) is 25.5. The topological polar surface area (TPSA) is 66.9 Å². The molecule has 0 N–H and O–H groups in total. The van der Waals surface area contributed by atoms with Gasteiger partial charge in [0.25, 0.3) is 0 Å². The summed E-state index contributed by atoms with van der Waals surface area (Å²) in [6.45, 7) is 8.96. The van der Waals surface area contributed by atoms with E-state index in [0.717, 1.165) is 30.5 Å². The van der Waals surface area contributed by atoms with Crippen LogP contribution in [0, 0.1) is 0 Å². The second-order valence-electron chi connectivity index (χ2n) is 9.85. The fraction of sp³-hybridized carbons (Fsp3) is 0.464. The van der Waals surface area contributed by atoms with Crippen molar-refractivity contribution in [3.8, 4) is 0 Å². The van der Waals surface area contributed by atoms with E-state index in [9.17, 15) is 14.4 Å². The van der Waals surface area contributed by atoms with E-state index in [1.54, 1.807) is 16.7 Å². The molecule has 1 heterocycles. The third-order valence-electron chi connectivity index (χ3n) is 5.92. The molecule has 0 atom stereocenters. The summed E-state index contributed by atoms with van der Waals surface area (Å²) in [4.78, 5) is 40.7. The van der Waals surface area contributed by atoms with Crippen molar-refractivity contribution >= 4 is 23.5 Å². The Morgan fingerprint density at radius 1 is 1.00 bits per heavy atom. The first-order valence-electron chi connectivity index (χ1n) is 12.1. The van der Waals surface area contributed by atoms with Crippen LogP contribution in [0.3, 0.4) is 0 Å². The number of Topliss-reactive ketones (excluding diaryl/α,β-unsaturated/α-hetero) is 1. The van der Waals surface area contributed by atoms with Crippen LogP contribution >= 0.6 is 0 Å². The molecule has 0 unspecified atom stereocenters. The van der Waals surface area contributed by atoms with Gasteiger partial charge >= 0.3 is 6.09 Å². The smallest absolute Gasteiger partial charge is 0.410 e. The lowest BCUT2D eigenvalue weighted by Gasteiger charge is -2.27. The Labute approximate surface area is 202 Å². The number of unbranched alkanes of at least 4 members (excludes halogenated alkanes) is 1.